The van der Waals surface area contributed by atoms with Crippen LogP contribution in [0.25, 0.3) is 5.69 Å². The molecule has 2 aromatic carbocycles. The van der Waals surface area contributed by atoms with Gasteiger partial charge in [-0.05, 0) is 52.9 Å². The molecule has 0 aliphatic heterocycles. The zero-order chi connectivity index (χ0) is 19.8. The average molecular weight is 415 g/mol. The third kappa shape index (κ3) is 5.25. The highest BCUT2D eigenvalue weighted by Crippen LogP contribution is 2.19. The van der Waals surface area contributed by atoms with E-state index in [2.05, 4.69) is 27.4 Å². The van der Waals surface area contributed by atoms with Gasteiger partial charge in [0, 0.05) is 5.02 Å². The molecule has 1 aromatic heterocycles. The Bertz CT molecular complexity index is 1010. The standard InChI is InChI=1S/C19H15ClN4O3S/c1-26-17-9-7-16(8-10-17)24-19(21-22-23-24)28-12-3-2-11-27-18(25)14-5-4-6-15(20)13-14/h4-10,13H,11-12H2,1H3. The summed E-state index contributed by atoms with van der Waals surface area (Å²) in [7, 11) is 1.61. The van der Waals surface area contributed by atoms with Crippen molar-refractivity contribution < 1.29 is 14.3 Å². The highest BCUT2D eigenvalue weighted by atomic mass is 35.5. The minimum Gasteiger partial charge on any atom is -0.497 e. The summed E-state index contributed by atoms with van der Waals surface area (Å²) in [5, 5.41) is 12.8. The summed E-state index contributed by atoms with van der Waals surface area (Å²) in [4.78, 5) is 11.9. The Morgan fingerprint density at radius 1 is 1.21 bits per heavy atom. The zero-order valence-electron chi connectivity index (χ0n) is 14.8. The van der Waals surface area contributed by atoms with Crippen LogP contribution in [-0.4, -0.2) is 45.6 Å². The second-order valence-corrected chi connectivity index (χ2v) is 6.68. The van der Waals surface area contributed by atoms with Gasteiger partial charge in [0.2, 0.25) is 5.16 Å². The number of halogens is 1. The summed E-state index contributed by atoms with van der Waals surface area (Å²) in [6.07, 6.45) is 0. The number of esters is 1. The molecule has 3 aromatic rings. The van der Waals surface area contributed by atoms with Gasteiger partial charge in [-0.25, -0.2) is 4.79 Å². The number of ether oxygens (including phenoxy) is 2. The second-order valence-electron chi connectivity index (χ2n) is 5.30. The Morgan fingerprint density at radius 2 is 2.04 bits per heavy atom. The maximum Gasteiger partial charge on any atom is 0.339 e. The number of carbonyl (C=O) groups excluding carboxylic acids is 1. The van der Waals surface area contributed by atoms with Crippen LogP contribution in [0.1, 0.15) is 10.4 Å². The molecule has 1 heterocycles. The van der Waals surface area contributed by atoms with Crippen molar-refractivity contribution >= 4 is 29.3 Å². The van der Waals surface area contributed by atoms with Gasteiger partial charge in [-0.1, -0.05) is 41.3 Å². The first-order valence-electron chi connectivity index (χ1n) is 8.11. The summed E-state index contributed by atoms with van der Waals surface area (Å²) < 4.78 is 11.9. The van der Waals surface area contributed by atoms with Gasteiger partial charge in [0.05, 0.1) is 24.1 Å². The number of carbonyl (C=O) groups is 1. The normalized spacial score (nSPS) is 10.1. The smallest absolute Gasteiger partial charge is 0.339 e. The minimum atomic E-state index is -0.465. The molecule has 0 N–H and O–H groups in total. The highest BCUT2D eigenvalue weighted by Gasteiger charge is 2.08. The Kier molecular flexibility index (Phi) is 6.89. The molecule has 0 aliphatic carbocycles. The number of benzene rings is 2. The quantitative estimate of drug-likeness (QED) is 0.348. The number of hydrogen-bond donors (Lipinski definition) is 0. The van der Waals surface area contributed by atoms with Crippen molar-refractivity contribution in [3.63, 3.8) is 0 Å². The van der Waals surface area contributed by atoms with Gasteiger partial charge in [-0.15, -0.1) is 5.10 Å². The topological polar surface area (TPSA) is 79.1 Å². The number of aromatic nitrogens is 4. The predicted octanol–water partition coefficient (Wildman–Crippen LogP) is 3.28. The zero-order valence-corrected chi connectivity index (χ0v) is 16.4. The number of hydrogen-bond acceptors (Lipinski definition) is 7. The fourth-order valence-electron chi connectivity index (χ4n) is 2.16. The Morgan fingerprint density at radius 3 is 2.79 bits per heavy atom. The summed E-state index contributed by atoms with van der Waals surface area (Å²) in [5.41, 5.74) is 1.21. The molecule has 0 fully saturated rings. The Labute approximate surface area is 171 Å². The van der Waals surface area contributed by atoms with Gasteiger partial charge in [-0.2, -0.15) is 4.68 Å². The van der Waals surface area contributed by atoms with E-state index in [9.17, 15) is 4.79 Å². The van der Waals surface area contributed by atoms with E-state index in [1.165, 1.54) is 11.8 Å². The molecule has 142 valence electrons. The maximum absolute atomic E-state index is 11.9. The first-order chi connectivity index (χ1) is 13.7. The van der Waals surface area contributed by atoms with E-state index in [0.29, 0.717) is 21.5 Å². The van der Waals surface area contributed by atoms with E-state index in [0.717, 1.165) is 11.4 Å². The van der Waals surface area contributed by atoms with Gasteiger partial charge in [0.15, 0.2) is 6.61 Å². The van der Waals surface area contributed by atoms with Gasteiger partial charge in [0.25, 0.3) is 0 Å². The average Bonchev–Trinajstić information content (AvgIpc) is 3.19. The lowest BCUT2D eigenvalue weighted by Gasteiger charge is -2.04. The van der Waals surface area contributed by atoms with E-state index in [4.69, 9.17) is 21.1 Å². The molecule has 7 nitrogen and oxygen atoms in total. The molecule has 28 heavy (non-hydrogen) atoms. The molecule has 0 saturated heterocycles. The molecule has 0 unspecified atom stereocenters. The number of thioether (sulfide) groups is 1. The SMILES string of the molecule is COc1ccc(-n2nnnc2SCC#CCOC(=O)c2cccc(Cl)c2)cc1. The van der Waals surface area contributed by atoms with Crippen molar-refractivity contribution in [2.75, 3.05) is 19.5 Å². The molecule has 9 heteroatoms. The molecule has 0 saturated carbocycles. The molecule has 0 bridgehead atoms. The van der Waals surface area contributed by atoms with E-state index in [-0.39, 0.29) is 6.61 Å². The number of tetrazole rings is 1. The number of nitrogens with zero attached hydrogens (tertiary/aromatic N) is 4. The monoisotopic (exact) mass is 414 g/mol. The van der Waals surface area contributed by atoms with E-state index in [1.807, 2.05) is 24.3 Å². The number of rotatable bonds is 6. The maximum atomic E-state index is 11.9. The minimum absolute atomic E-state index is 0.00464. The van der Waals surface area contributed by atoms with Crippen molar-refractivity contribution in [3.8, 4) is 23.3 Å². The summed E-state index contributed by atoms with van der Waals surface area (Å²) >= 11 is 7.23. The van der Waals surface area contributed by atoms with Crippen molar-refractivity contribution in [2.45, 2.75) is 5.16 Å². The van der Waals surface area contributed by atoms with Gasteiger partial charge in [-0.3, -0.25) is 0 Å². The van der Waals surface area contributed by atoms with Crippen LogP contribution in [0.15, 0.2) is 53.7 Å². The van der Waals surface area contributed by atoms with Crippen LogP contribution in [0.2, 0.25) is 5.02 Å². The lowest BCUT2D eigenvalue weighted by molar-refractivity contribution is 0.0556. The number of methoxy groups -OCH3 is 1. The predicted molar refractivity (Wildman–Crippen MR) is 106 cm³/mol. The van der Waals surface area contributed by atoms with Crippen molar-refractivity contribution in [1.29, 1.82) is 0 Å². The second kappa shape index (κ2) is 9.78. The first-order valence-corrected chi connectivity index (χ1v) is 9.48. The van der Waals surface area contributed by atoms with Gasteiger partial charge < -0.3 is 9.47 Å². The summed E-state index contributed by atoms with van der Waals surface area (Å²) in [6, 6.07) is 13.9. The highest BCUT2D eigenvalue weighted by molar-refractivity contribution is 7.99. The van der Waals surface area contributed by atoms with Gasteiger partial charge >= 0.3 is 5.97 Å². The molecule has 0 spiro atoms. The van der Waals surface area contributed by atoms with Crippen LogP contribution >= 0.6 is 23.4 Å². The Balaban J connectivity index is 1.50. The molecule has 0 atom stereocenters. The van der Waals surface area contributed by atoms with E-state index < -0.39 is 5.97 Å². The van der Waals surface area contributed by atoms with Crippen LogP contribution < -0.4 is 4.74 Å². The Hall–Kier alpha value is -3.02. The summed E-state index contributed by atoms with van der Waals surface area (Å²) in [6.45, 7) is -0.00464. The van der Waals surface area contributed by atoms with Gasteiger partial charge in [0.1, 0.15) is 5.75 Å². The molecular formula is C19H15ClN4O3S. The van der Waals surface area contributed by atoms with Crippen molar-refractivity contribution in [2.24, 2.45) is 0 Å². The van der Waals surface area contributed by atoms with E-state index >= 15 is 0 Å². The van der Waals surface area contributed by atoms with Crippen LogP contribution in [-0.2, 0) is 4.74 Å². The molecule has 3 rings (SSSR count). The van der Waals surface area contributed by atoms with Crippen molar-refractivity contribution in [3.05, 3.63) is 59.1 Å². The lowest BCUT2D eigenvalue weighted by atomic mass is 10.2. The molecule has 0 radical (unpaired) electrons. The fourth-order valence-corrected chi connectivity index (χ4v) is 3.01. The van der Waals surface area contributed by atoms with Crippen LogP contribution in [0.5, 0.6) is 5.75 Å². The fraction of sp³-hybridized carbons (Fsp3) is 0.158. The summed E-state index contributed by atoms with van der Waals surface area (Å²) in [5.74, 6) is 6.45. The first kappa shape index (κ1) is 19.7. The van der Waals surface area contributed by atoms with E-state index in [1.54, 1.807) is 36.1 Å². The molecule has 0 aliphatic rings. The van der Waals surface area contributed by atoms with Crippen LogP contribution in [0, 0.1) is 11.8 Å². The lowest BCUT2D eigenvalue weighted by Crippen LogP contribution is -2.05. The van der Waals surface area contributed by atoms with Crippen molar-refractivity contribution in [1.82, 2.24) is 20.2 Å². The third-order valence-corrected chi connectivity index (χ3v) is 4.53. The van der Waals surface area contributed by atoms with Crippen LogP contribution in [0.3, 0.4) is 0 Å². The van der Waals surface area contributed by atoms with Crippen LogP contribution in [0.4, 0.5) is 0 Å². The largest absolute Gasteiger partial charge is 0.497 e. The molecular weight excluding hydrogens is 400 g/mol. The molecule has 0 amide bonds. The third-order valence-electron chi connectivity index (χ3n) is 3.49.